The lowest BCUT2D eigenvalue weighted by atomic mass is 10.1. The molecule has 0 saturated carbocycles. The highest BCUT2D eigenvalue weighted by atomic mass is 15.2. The van der Waals surface area contributed by atoms with E-state index >= 15 is 0 Å². The van der Waals surface area contributed by atoms with Gasteiger partial charge in [0.1, 0.15) is 11.5 Å². The molecule has 0 amide bonds. The maximum atomic E-state index is 5.77. The fraction of sp³-hybridized carbons (Fsp3) is 0.500. The number of hydrogen-bond donors (Lipinski definition) is 1. The summed E-state index contributed by atoms with van der Waals surface area (Å²) in [6.45, 7) is 6.00. The summed E-state index contributed by atoms with van der Waals surface area (Å²) in [5, 5.41) is 0. The lowest BCUT2D eigenvalue weighted by Crippen LogP contribution is -2.39. The van der Waals surface area contributed by atoms with Gasteiger partial charge in [-0.15, -0.1) is 0 Å². The van der Waals surface area contributed by atoms with E-state index in [1.807, 2.05) is 18.5 Å². The third-order valence-electron chi connectivity index (χ3n) is 3.45. The first-order valence-electron chi connectivity index (χ1n) is 6.70. The van der Waals surface area contributed by atoms with Gasteiger partial charge in [0.2, 0.25) is 0 Å². The standard InChI is InChI=1S/C14H22N4/c1-3-12(4-2)17(10-8-15)14-7-5-6-13-16-9-11-18(13)14/h5-7,9,11-12H,3-4,8,10,15H2,1-2H3. The van der Waals surface area contributed by atoms with Crippen molar-refractivity contribution in [2.75, 3.05) is 18.0 Å². The molecule has 0 aromatic carbocycles. The van der Waals surface area contributed by atoms with Crippen LogP contribution in [0.25, 0.3) is 5.65 Å². The number of aromatic nitrogens is 2. The van der Waals surface area contributed by atoms with Gasteiger partial charge in [0.25, 0.3) is 0 Å². The van der Waals surface area contributed by atoms with Crippen molar-refractivity contribution in [3.63, 3.8) is 0 Å². The summed E-state index contributed by atoms with van der Waals surface area (Å²) in [6.07, 6.45) is 6.10. The molecule has 2 aromatic rings. The highest BCUT2D eigenvalue weighted by Gasteiger charge is 2.17. The Hall–Kier alpha value is -1.55. The molecule has 4 nitrogen and oxygen atoms in total. The summed E-state index contributed by atoms with van der Waals surface area (Å²) < 4.78 is 2.13. The normalized spacial score (nSPS) is 11.3. The molecule has 0 bridgehead atoms. The number of hydrogen-bond acceptors (Lipinski definition) is 3. The third kappa shape index (κ3) is 2.34. The maximum absolute atomic E-state index is 5.77. The van der Waals surface area contributed by atoms with Crippen molar-refractivity contribution in [1.82, 2.24) is 9.38 Å². The van der Waals surface area contributed by atoms with Gasteiger partial charge in [0, 0.05) is 31.5 Å². The number of imidazole rings is 1. The van der Waals surface area contributed by atoms with E-state index in [1.165, 1.54) is 5.82 Å². The molecular formula is C14H22N4. The first-order valence-corrected chi connectivity index (χ1v) is 6.70. The lowest BCUT2D eigenvalue weighted by Gasteiger charge is -2.32. The molecule has 0 aliphatic carbocycles. The largest absolute Gasteiger partial charge is 0.353 e. The van der Waals surface area contributed by atoms with Crippen molar-refractivity contribution in [3.8, 4) is 0 Å². The second-order valence-corrected chi connectivity index (χ2v) is 4.49. The van der Waals surface area contributed by atoms with Crippen LogP contribution >= 0.6 is 0 Å². The van der Waals surface area contributed by atoms with Crippen LogP contribution in [0, 0.1) is 0 Å². The molecule has 0 unspecified atom stereocenters. The Labute approximate surface area is 108 Å². The predicted molar refractivity (Wildman–Crippen MR) is 76.0 cm³/mol. The smallest absolute Gasteiger partial charge is 0.138 e. The summed E-state index contributed by atoms with van der Waals surface area (Å²) >= 11 is 0. The summed E-state index contributed by atoms with van der Waals surface area (Å²) in [7, 11) is 0. The molecule has 4 heteroatoms. The fourth-order valence-electron chi connectivity index (χ4n) is 2.52. The highest BCUT2D eigenvalue weighted by molar-refractivity contribution is 5.52. The van der Waals surface area contributed by atoms with Gasteiger partial charge in [-0.2, -0.15) is 0 Å². The van der Waals surface area contributed by atoms with E-state index in [0.29, 0.717) is 12.6 Å². The van der Waals surface area contributed by atoms with Crippen LogP contribution in [-0.2, 0) is 0 Å². The minimum Gasteiger partial charge on any atom is -0.353 e. The molecule has 98 valence electrons. The van der Waals surface area contributed by atoms with Crippen LogP contribution in [0.3, 0.4) is 0 Å². The van der Waals surface area contributed by atoms with Gasteiger partial charge in [-0.1, -0.05) is 19.9 Å². The Kier molecular flexibility index (Phi) is 4.20. The van der Waals surface area contributed by atoms with Gasteiger partial charge >= 0.3 is 0 Å². The molecular weight excluding hydrogens is 224 g/mol. The van der Waals surface area contributed by atoms with E-state index in [2.05, 4.69) is 40.3 Å². The van der Waals surface area contributed by atoms with Crippen molar-refractivity contribution in [2.45, 2.75) is 32.7 Å². The Morgan fingerprint density at radius 3 is 2.78 bits per heavy atom. The van der Waals surface area contributed by atoms with Gasteiger partial charge in [-0.05, 0) is 25.0 Å². The summed E-state index contributed by atoms with van der Waals surface area (Å²) in [4.78, 5) is 6.74. The first-order chi connectivity index (χ1) is 8.81. The second kappa shape index (κ2) is 5.87. The topological polar surface area (TPSA) is 46.6 Å². The third-order valence-corrected chi connectivity index (χ3v) is 3.45. The van der Waals surface area contributed by atoms with Crippen molar-refractivity contribution in [2.24, 2.45) is 5.73 Å². The van der Waals surface area contributed by atoms with Gasteiger partial charge in [0.05, 0.1) is 0 Å². The number of rotatable bonds is 6. The Bertz CT molecular complexity index is 487. The van der Waals surface area contributed by atoms with E-state index in [0.717, 1.165) is 25.0 Å². The lowest BCUT2D eigenvalue weighted by molar-refractivity contribution is 0.552. The van der Waals surface area contributed by atoms with E-state index < -0.39 is 0 Å². The predicted octanol–water partition coefficient (Wildman–Crippen LogP) is 2.29. The number of nitrogens with zero attached hydrogens (tertiary/aromatic N) is 3. The maximum Gasteiger partial charge on any atom is 0.138 e. The molecule has 0 atom stereocenters. The molecule has 0 spiro atoms. The molecule has 2 heterocycles. The van der Waals surface area contributed by atoms with Crippen LogP contribution in [0.5, 0.6) is 0 Å². The number of anilines is 1. The minimum atomic E-state index is 0.529. The van der Waals surface area contributed by atoms with Crippen molar-refractivity contribution in [3.05, 3.63) is 30.6 Å². The number of pyridine rings is 1. The molecule has 0 saturated heterocycles. The van der Waals surface area contributed by atoms with Crippen LogP contribution in [0.2, 0.25) is 0 Å². The second-order valence-electron chi connectivity index (χ2n) is 4.49. The molecule has 2 aromatic heterocycles. The van der Waals surface area contributed by atoms with Crippen LogP contribution in [0.4, 0.5) is 5.82 Å². The molecule has 0 aliphatic rings. The van der Waals surface area contributed by atoms with Gasteiger partial charge in [-0.25, -0.2) is 4.98 Å². The Balaban J connectivity index is 2.43. The minimum absolute atomic E-state index is 0.529. The SMILES string of the molecule is CCC(CC)N(CCN)c1cccc2nccn12. The summed E-state index contributed by atoms with van der Waals surface area (Å²) in [6, 6.07) is 6.75. The zero-order valence-electron chi connectivity index (χ0n) is 11.2. The van der Waals surface area contributed by atoms with Crippen molar-refractivity contribution >= 4 is 11.5 Å². The first kappa shape index (κ1) is 12.9. The average Bonchev–Trinajstić information content (AvgIpc) is 2.87. The van der Waals surface area contributed by atoms with Crippen LogP contribution in [-0.4, -0.2) is 28.5 Å². The van der Waals surface area contributed by atoms with E-state index in [4.69, 9.17) is 5.73 Å². The summed E-state index contributed by atoms with van der Waals surface area (Å²) in [5.74, 6) is 1.18. The quantitative estimate of drug-likeness (QED) is 0.850. The molecule has 2 N–H and O–H groups in total. The number of fused-ring (bicyclic) bond motifs is 1. The van der Waals surface area contributed by atoms with Gasteiger partial charge in [-0.3, -0.25) is 4.40 Å². The fourth-order valence-corrected chi connectivity index (χ4v) is 2.52. The van der Waals surface area contributed by atoms with Gasteiger partial charge in [0.15, 0.2) is 0 Å². The molecule has 0 radical (unpaired) electrons. The van der Waals surface area contributed by atoms with Crippen molar-refractivity contribution < 1.29 is 0 Å². The zero-order valence-corrected chi connectivity index (χ0v) is 11.2. The van der Waals surface area contributed by atoms with E-state index in [1.54, 1.807) is 0 Å². The molecule has 0 aliphatic heterocycles. The van der Waals surface area contributed by atoms with Crippen LogP contribution in [0.15, 0.2) is 30.6 Å². The van der Waals surface area contributed by atoms with E-state index in [-0.39, 0.29) is 0 Å². The highest BCUT2D eigenvalue weighted by Crippen LogP contribution is 2.21. The average molecular weight is 246 g/mol. The summed E-state index contributed by atoms with van der Waals surface area (Å²) in [5.41, 5.74) is 6.75. The van der Waals surface area contributed by atoms with Crippen LogP contribution in [0.1, 0.15) is 26.7 Å². The van der Waals surface area contributed by atoms with Gasteiger partial charge < -0.3 is 10.6 Å². The zero-order chi connectivity index (χ0) is 13.0. The van der Waals surface area contributed by atoms with Crippen molar-refractivity contribution in [1.29, 1.82) is 0 Å². The Morgan fingerprint density at radius 1 is 1.33 bits per heavy atom. The van der Waals surface area contributed by atoms with Crippen LogP contribution < -0.4 is 10.6 Å². The molecule has 2 rings (SSSR count). The molecule has 18 heavy (non-hydrogen) atoms. The monoisotopic (exact) mass is 246 g/mol. The molecule has 0 fully saturated rings. The van der Waals surface area contributed by atoms with E-state index in [9.17, 15) is 0 Å². The number of nitrogens with two attached hydrogens (primary N) is 1. The Morgan fingerprint density at radius 2 is 2.11 bits per heavy atom.